The molecule has 0 aliphatic carbocycles. The van der Waals surface area contributed by atoms with Gasteiger partial charge >= 0.3 is 6.09 Å². The van der Waals surface area contributed by atoms with E-state index in [2.05, 4.69) is 17.0 Å². The highest BCUT2D eigenvalue weighted by atomic mass is 16.5. The summed E-state index contributed by atoms with van der Waals surface area (Å²) in [6.07, 6.45) is 0.166. The van der Waals surface area contributed by atoms with Crippen LogP contribution in [0.15, 0.2) is 24.3 Å². The van der Waals surface area contributed by atoms with Gasteiger partial charge in [0.2, 0.25) is 0 Å². The molecule has 0 bridgehead atoms. The number of rotatable bonds is 7. The van der Waals surface area contributed by atoms with Crippen molar-refractivity contribution in [2.75, 3.05) is 20.3 Å². The van der Waals surface area contributed by atoms with Crippen LogP contribution in [0.25, 0.3) is 0 Å². The van der Waals surface area contributed by atoms with Crippen molar-refractivity contribution in [3.05, 3.63) is 29.8 Å². The SMILES string of the molecule is CCC(NCCOC(N)=O)c1ccccc1OC. The van der Waals surface area contributed by atoms with Crippen molar-refractivity contribution in [1.82, 2.24) is 5.32 Å². The molecular weight excluding hydrogens is 232 g/mol. The summed E-state index contributed by atoms with van der Waals surface area (Å²) in [5.41, 5.74) is 5.99. The average Bonchev–Trinajstić information content (AvgIpc) is 2.38. The summed E-state index contributed by atoms with van der Waals surface area (Å²) in [5.74, 6) is 0.854. The predicted molar refractivity (Wildman–Crippen MR) is 69.6 cm³/mol. The number of methoxy groups -OCH3 is 1. The quantitative estimate of drug-likeness (QED) is 0.726. The number of hydrogen-bond donors (Lipinski definition) is 2. The van der Waals surface area contributed by atoms with E-state index >= 15 is 0 Å². The zero-order valence-corrected chi connectivity index (χ0v) is 10.8. The minimum absolute atomic E-state index is 0.164. The largest absolute Gasteiger partial charge is 0.496 e. The molecule has 0 heterocycles. The summed E-state index contributed by atoms with van der Waals surface area (Å²) in [6.45, 7) is 2.90. The molecule has 0 fully saturated rings. The maximum absolute atomic E-state index is 10.4. The second kappa shape index (κ2) is 7.55. The van der Waals surface area contributed by atoms with E-state index in [1.54, 1.807) is 7.11 Å². The molecule has 0 radical (unpaired) electrons. The lowest BCUT2D eigenvalue weighted by Gasteiger charge is -2.19. The molecule has 0 saturated heterocycles. The lowest BCUT2D eigenvalue weighted by Crippen LogP contribution is -2.27. The minimum atomic E-state index is -0.748. The molecule has 1 amide bonds. The van der Waals surface area contributed by atoms with Crippen molar-refractivity contribution < 1.29 is 14.3 Å². The number of ether oxygens (including phenoxy) is 2. The molecule has 18 heavy (non-hydrogen) atoms. The molecule has 1 aromatic carbocycles. The highest BCUT2D eigenvalue weighted by molar-refractivity contribution is 5.64. The van der Waals surface area contributed by atoms with Crippen LogP contribution in [-0.2, 0) is 4.74 Å². The Balaban J connectivity index is 2.57. The third-order valence-corrected chi connectivity index (χ3v) is 2.66. The summed E-state index contributed by atoms with van der Waals surface area (Å²) in [4.78, 5) is 10.4. The third kappa shape index (κ3) is 4.25. The minimum Gasteiger partial charge on any atom is -0.496 e. The van der Waals surface area contributed by atoms with Crippen LogP contribution in [0.1, 0.15) is 24.9 Å². The van der Waals surface area contributed by atoms with Crippen LogP contribution < -0.4 is 15.8 Å². The van der Waals surface area contributed by atoms with Crippen LogP contribution in [0.5, 0.6) is 5.75 Å². The molecule has 5 heteroatoms. The highest BCUT2D eigenvalue weighted by Crippen LogP contribution is 2.26. The number of amides is 1. The Hall–Kier alpha value is -1.75. The molecule has 1 aromatic rings. The van der Waals surface area contributed by atoms with Gasteiger partial charge < -0.3 is 20.5 Å². The van der Waals surface area contributed by atoms with Crippen LogP contribution in [0.3, 0.4) is 0 Å². The standard InChI is InChI=1S/C13H20N2O3/c1-3-11(15-8-9-18-13(14)16)10-6-4-5-7-12(10)17-2/h4-7,11,15H,3,8-9H2,1-2H3,(H2,14,16). The second-order valence-electron chi connectivity index (χ2n) is 3.82. The molecule has 3 N–H and O–H groups in total. The lowest BCUT2D eigenvalue weighted by molar-refractivity contribution is 0.156. The Labute approximate surface area is 107 Å². The number of carbonyl (C=O) groups is 1. The predicted octanol–water partition coefficient (Wildman–Crippen LogP) is 1.83. The molecule has 0 aliphatic rings. The molecule has 0 saturated carbocycles. The van der Waals surface area contributed by atoms with Crippen LogP contribution in [0.4, 0.5) is 4.79 Å². The van der Waals surface area contributed by atoms with Gasteiger partial charge in [0.25, 0.3) is 0 Å². The summed E-state index contributed by atoms with van der Waals surface area (Å²) in [7, 11) is 1.65. The van der Waals surface area contributed by atoms with Crippen molar-refractivity contribution in [2.45, 2.75) is 19.4 Å². The van der Waals surface area contributed by atoms with Crippen molar-refractivity contribution in [3.8, 4) is 5.75 Å². The first-order chi connectivity index (χ1) is 8.69. The van der Waals surface area contributed by atoms with Crippen LogP contribution in [0.2, 0.25) is 0 Å². The fourth-order valence-electron chi connectivity index (χ4n) is 1.81. The maximum Gasteiger partial charge on any atom is 0.404 e. The molecule has 0 aliphatic heterocycles. The van der Waals surface area contributed by atoms with Crippen molar-refractivity contribution in [3.63, 3.8) is 0 Å². The number of benzene rings is 1. The summed E-state index contributed by atoms with van der Waals surface area (Å²) in [5, 5.41) is 3.30. The molecular formula is C13H20N2O3. The fraction of sp³-hybridized carbons (Fsp3) is 0.462. The first-order valence-electron chi connectivity index (χ1n) is 5.97. The third-order valence-electron chi connectivity index (χ3n) is 2.66. The van der Waals surface area contributed by atoms with Crippen molar-refractivity contribution in [1.29, 1.82) is 0 Å². The van der Waals surface area contributed by atoms with Crippen LogP contribution in [0, 0.1) is 0 Å². The van der Waals surface area contributed by atoms with Gasteiger partial charge in [-0.15, -0.1) is 0 Å². The van der Waals surface area contributed by atoms with E-state index in [0.29, 0.717) is 6.54 Å². The first-order valence-corrected chi connectivity index (χ1v) is 5.97. The van der Waals surface area contributed by atoms with Crippen LogP contribution >= 0.6 is 0 Å². The molecule has 1 rings (SSSR count). The topological polar surface area (TPSA) is 73.6 Å². The smallest absolute Gasteiger partial charge is 0.404 e. The average molecular weight is 252 g/mol. The van der Waals surface area contributed by atoms with Crippen molar-refractivity contribution in [2.24, 2.45) is 5.73 Å². The van der Waals surface area contributed by atoms with E-state index in [1.165, 1.54) is 0 Å². The Morgan fingerprint density at radius 3 is 2.78 bits per heavy atom. The zero-order chi connectivity index (χ0) is 13.4. The maximum atomic E-state index is 10.4. The Bertz CT molecular complexity index is 382. The van der Waals surface area contributed by atoms with Gasteiger partial charge in [-0.1, -0.05) is 25.1 Å². The Morgan fingerprint density at radius 2 is 2.17 bits per heavy atom. The number of hydrogen-bond acceptors (Lipinski definition) is 4. The zero-order valence-electron chi connectivity index (χ0n) is 10.8. The van der Waals surface area contributed by atoms with Gasteiger partial charge in [0.1, 0.15) is 12.4 Å². The number of nitrogens with two attached hydrogens (primary N) is 1. The van der Waals surface area contributed by atoms with E-state index in [1.807, 2.05) is 24.3 Å². The first kappa shape index (κ1) is 14.3. The van der Waals surface area contributed by atoms with Gasteiger partial charge in [-0.05, 0) is 12.5 Å². The number of primary amides is 1. The van der Waals surface area contributed by atoms with E-state index in [-0.39, 0.29) is 12.6 Å². The van der Waals surface area contributed by atoms with Gasteiger partial charge in [0, 0.05) is 18.2 Å². The van der Waals surface area contributed by atoms with Crippen LogP contribution in [-0.4, -0.2) is 26.4 Å². The van der Waals surface area contributed by atoms with Gasteiger partial charge in [-0.2, -0.15) is 0 Å². The molecule has 1 atom stereocenters. The molecule has 1 unspecified atom stereocenters. The van der Waals surface area contributed by atoms with E-state index in [0.717, 1.165) is 17.7 Å². The summed E-state index contributed by atoms with van der Waals surface area (Å²) >= 11 is 0. The monoisotopic (exact) mass is 252 g/mol. The molecule has 100 valence electrons. The van der Waals surface area contributed by atoms with Gasteiger partial charge in [-0.3, -0.25) is 0 Å². The van der Waals surface area contributed by atoms with Gasteiger partial charge in [0.05, 0.1) is 7.11 Å². The Morgan fingerprint density at radius 1 is 1.44 bits per heavy atom. The molecule has 5 nitrogen and oxygen atoms in total. The number of para-hydroxylation sites is 1. The number of carbonyl (C=O) groups excluding carboxylic acids is 1. The molecule has 0 spiro atoms. The van der Waals surface area contributed by atoms with Crippen molar-refractivity contribution >= 4 is 6.09 Å². The summed E-state index contributed by atoms with van der Waals surface area (Å²) in [6, 6.07) is 8.03. The van der Waals surface area contributed by atoms with E-state index < -0.39 is 6.09 Å². The highest BCUT2D eigenvalue weighted by Gasteiger charge is 2.12. The fourth-order valence-corrected chi connectivity index (χ4v) is 1.81. The normalized spacial score (nSPS) is 11.9. The van der Waals surface area contributed by atoms with Gasteiger partial charge in [0.15, 0.2) is 0 Å². The van der Waals surface area contributed by atoms with Gasteiger partial charge in [-0.25, -0.2) is 4.79 Å². The molecule has 0 aromatic heterocycles. The lowest BCUT2D eigenvalue weighted by atomic mass is 10.0. The van der Waals surface area contributed by atoms with E-state index in [4.69, 9.17) is 10.5 Å². The Kier molecular flexibility index (Phi) is 6.00. The second-order valence-corrected chi connectivity index (χ2v) is 3.82. The summed E-state index contributed by atoms with van der Waals surface area (Å²) < 4.78 is 10.0. The number of nitrogens with one attached hydrogen (secondary N) is 1. The van der Waals surface area contributed by atoms with E-state index in [9.17, 15) is 4.79 Å².